The predicted molar refractivity (Wildman–Crippen MR) is 32.0 cm³/mol. The van der Waals surface area contributed by atoms with Crippen LogP contribution in [0, 0.1) is 0 Å². The zero-order valence-electron chi connectivity index (χ0n) is 4.76. The van der Waals surface area contributed by atoms with E-state index < -0.39 is 17.3 Å². The summed E-state index contributed by atoms with van der Waals surface area (Å²) in [4.78, 5) is 21.0. The number of Topliss-reactive ketones (excluding diaryl/α,β-unsaturated/α-hetero) is 1. The average molecular weight is 158 g/mol. The van der Waals surface area contributed by atoms with Gasteiger partial charge < -0.3 is 5.11 Å². The monoisotopic (exact) mass is 157 g/mol. The van der Waals surface area contributed by atoms with Crippen molar-refractivity contribution in [2.45, 2.75) is 0 Å². The van der Waals surface area contributed by atoms with Gasteiger partial charge in [0.2, 0.25) is 0 Å². The third kappa shape index (κ3) is 1.09. The van der Waals surface area contributed by atoms with Crippen LogP contribution in [0.1, 0.15) is 0 Å². The Kier molecular flexibility index (Phi) is 1.59. The number of ketones is 2. The van der Waals surface area contributed by atoms with Gasteiger partial charge in [-0.15, -0.1) is 0 Å². The highest BCUT2D eigenvalue weighted by Gasteiger charge is 2.12. The van der Waals surface area contributed by atoms with E-state index in [1.54, 1.807) is 0 Å². The first kappa shape index (κ1) is 7.02. The molecule has 0 aromatic carbocycles. The van der Waals surface area contributed by atoms with E-state index in [4.69, 9.17) is 11.6 Å². The first-order chi connectivity index (χ1) is 4.61. The van der Waals surface area contributed by atoms with E-state index in [9.17, 15) is 14.7 Å². The first-order valence-corrected chi connectivity index (χ1v) is 2.83. The third-order valence-electron chi connectivity index (χ3n) is 0.983. The van der Waals surface area contributed by atoms with Gasteiger partial charge in [-0.25, -0.2) is 0 Å². The molecule has 10 heavy (non-hydrogen) atoms. The Morgan fingerprint density at radius 1 is 1.30 bits per heavy atom. The largest absolute Gasteiger partial charge is 0.870 e. The smallest absolute Gasteiger partial charge is 0.189 e. The van der Waals surface area contributed by atoms with E-state index in [0.717, 1.165) is 6.08 Å². The summed E-state index contributed by atoms with van der Waals surface area (Å²) in [6, 6.07) is 0. The molecule has 0 atom stereocenters. The second kappa shape index (κ2) is 2.27. The van der Waals surface area contributed by atoms with Crippen molar-refractivity contribution in [1.29, 1.82) is 0 Å². The van der Waals surface area contributed by atoms with Crippen LogP contribution in [0.25, 0.3) is 0 Å². The lowest BCUT2D eigenvalue weighted by Crippen LogP contribution is -2.20. The number of hydrogen-bond acceptors (Lipinski definition) is 3. The molecule has 0 amide bonds. The normalized spacial score (nSPS) is 18.5. The Labute approximate surface area is 61.6 Å². The molecule has 0 fully saturated rings. The second-order valence-electron chi connectivity index (χ2n) is 1.73. The summed E-state index contributed by atoms with van der Waals surface area (Å²) >= 11 is 5.21. The van der Waals surface area contributed by atoms with Crippen LogP contribution in [-0.4, -0.2) is 11.6 Å². The molecule has 0 bridgehead atoms. The fourth-order valence-electron chi connectivity index (χ4n) is 0.545. The Morgan fingerprint density at radius 3 is 2.40 bits per heavy atom. The summed E-state index contributed by atoms with van der Waals surface area (Å²) in [6.45, 7) is 0. The van der Waals surface area contributed by atoms with E-state index in [2.05, 4.69) is 0 Å². The summed E-state index contributed by atoms with van der Waals surface area (Å²) < 4.78 is 0. The zero-order valence-corrected chi connectivity index (χ0v) is 5.51. The van der Waals surface area contributed by atoms with Gasteiger partial charge in [0.15, 0.2) is 11.6 Å². The molecule has 4 heteroatoms. The molecule has 0 aliphatic heterocycles. The number of rotatable bonds is 0. The summed E-state index contributed by atoms with van der Waals surface area (Å²) in [5.41, 5.74) is 0. The molecule has 52 valence electrons. The minimum Gasteiger partial charge on any atom is -0.870 e. The number of carbonyl (C=O) groups excluding carboxylic acids is 2. The molecule has 0 aromatic heterocycles. The second-order valence-corrected chi connectivity index (χ2v) is 2.14. The van der Waals surface area contributed by atoms with Gasteiger partial charge in [0, 0.05) is 6.08 Å². The van der Waals surface area contributed by atoms with Crippen LogP contribution in [0.15, 0.2) is 22.9 Å². The van der Waals surface area contributed by atoms with Gasteiger partial charge in [-0.05, 0) is 6.08 Å². The summed E-state index contributed by atoms with van der Waals surface area (Å²) in [6.07, 6.45) is 1.64. The van der Waals surface area contributed by atoms with Gasteiger partial charge >= 0.3 is 0 Å². The first-order valence-electron chi connectivity index (χ1n) is 2.46. The van der Waals surface area contributed by atoms with Gasteiger partial charge in [0.05, 0.1) is 5.03 Å². The van der Waals surface area contributed by atoms with Crippen molar-refractivity contribution in [3.63, 3.8) is 0 Å². The van der Waals surface area contributed by atoms with Crippen molar-refractivity contribution >= 4 is 23.2 Å². The molecule has 0 saturated carbocycles. The van der Waals surface area contributed by atoms with Crippen LogP contribution in [0.2, 0.25) is 0 Å². The molecule has 0 aromatic rings. The maximum absolute atomic E-state index is 10.5. The molecule has 0 spiro atoms. The highest BCUT2D eigenvalue weighted by molar-refractivity contribution is 6.47. The molecule has 0 N–H and O–H groups in total. The number of allylic oxidation sites excluding steroid dienone is 3. The van der Waals surface area contributed by atoms with Crippen LogP contribution in [0.4, 0.5) is 0 Å². The molecular formula is C6H2ClO3-. The summed E-state index contributed by atoms with van der Waals surface area (Å²) in [5, 5.41) is 10.2. The van der Waals surface area contributed by atoms with E-state index in [-0.39, 0.29) is 5.03 Å². The Hall–Kier alpha value is -1.09. The average Bonchev–Trinajstić information content (AvgIpc) is 1.82. The standard InChI is InChI=1S/C6H3ClO3/c7-4-1-3(8)2-5(9)6(4)10/h1-2,9H/p-1. The molecule has 1 aliphatic carbocycles. The Morgan fingerprint density at radius 2 is 1.90 bits per heavy atom. The Bertz CT molecular complexity index is 238. The van der Waals surface area contributed by atoms with Crippen molar-refractivity contribution in [2.75, 3.05) is 0 Å². The fraction of sp³-hybridized carbons (Fsp3) is 0. The summed E-state index contributed by atoms with van der Waals surface area (Å²) in [7, 11) is 0. The minimum atomic E-state index is -0.850. The van der Waals surface area contributed by atoms with Crippen LogP contribution >= 0.6 is 11.6 Å². The molecule has 1 rings (SSSR count). The van der Waals surface area contributed by atoms with Crippen LogP contribution in [0.5, 0.6) is 0 Å². The quantitative estimate of drug-likeness (QED) is 0.446. The third-order valence-corrected chi connectivity index (χ3v) is 1.26. The number of halogens is 1. The SMILES string of the molecule is O=C1C=C([O-])C(=O)C(Cl)=C1. The van der Waals surface area contributed by atoms with Crippen molar-refractivity contribution in [1.82, 2.24) is 0 Å². The van der Waals surface area contributed by atoms with Crippen molar-refractivity contribution in [3.05, 3.63) is 22.9 Å². The van der Waals surface area contributed by atoms with Crippen LogP contribution < -0.4 is 5.11 Å². The molecule has 3 nitrogen and oxygen atoms in total. The maximum atomic E-state index is 10.5. The maximum Gasteiger partial charge on any atom is 0.189 e. The lowest BCUT2D eigenvalue weighted by Gasteiger charge is -2.11. The van der Waals surface area contributed by atoms with Crippen LogP contribution in [-0.2, 0) is 9.59 Å². The molecule has 0 unspecified atom stereocenters. The van der Waals surface area contributed by atoms with Gasteiger partial charge in [-0.1, -0.05) is 17.4 Å². The van der Waals surface area contributed by atoms with Crippen LogP contribution in [0.3, 0.4) is 0 Å². The highest BCUT2D eigenvalue weighted by Crippen LogP contribution is 2.11. The van der Waals surface area contributed by atoms with E-state index in [1.165, 1.54) is 0 Å². The fourth-order valence-corrected chi connectivity index (χ4v) is 0.745. The van der Waals surface area contributed by atoms with Gasteiger partial charge in [0.1, 0.15) is 0 Å². The molecule has 0 heterocycles. The number of carbonyl (C=O) groups is 2. The van der Waals surface area contributed by atoms with Gasteiger partial charge in [-0.2, -0.15) is 0 Å². The molecule has 0 radical (unpaired) electrons. The molecule has 0 saturated heterocycles. The van der Waals surface area contributed by atoms with Gasteiger partial charge in [-0.3, -0.25) is 9.59 Å². The Balaban J connectivity index is 3.05. The topological polar surface area (TPSA) is 57.2 Å². The zero-order chi connectivity index (χ0) is 7.72. The molecule has 1 aliphatic rings. The lowest BCUT2D eigenvalue weighted by molar-refractivity contribution is -0.297. The van der Waals surface area contributed by atoms with E-state index in [0.29, 0.717) is 6.08 Å². The van der Waals surface area contributed by atoms with E-state index in [1.807, 2.05) is 0 Å². The number of hydrogen-bond donors (Lipinski definition) is 0. The minimum absolute atomic E-state index is 0.308. The van der Waals surface area contributed by atoms with Gasteiger partial charge in [0.25, 0.3) is 0 Å². The van der Waals surface area contributed by atoms with Crippen molar-refractivity contribution in [3.8, 4) is 0 Å². The summed E-state index contributed by atoms with van der Waals surface area (Å²) in [5.74, 6) is -2.20. The highest BCUT2D eigenvalue weighted by atomic mass is 35.5. The lowest BCUT2D eigenvalue weighted by atomic mass is 10.1. The van der Waals surface area contributed by atoms with Crippen molar-refractivity contribution in [2.24, 2.45) is 0 Å². The predicted octanol–water partition coefficient (Wildman–Crippen LogP) is -0.495. The molecular weight excluding hydrogens is 156 g/mol. The van der Waals surface area contributed by atoms with E-state index >= 15 is 0 Å². The van der Waals surface area contributed by atoms with Crippen molar-refractivity contribution < 1.29 is 14.7 Å².